The molecule has 194 valence electrons. The lowest BCUT2D eigenvalue weighted by molar-refractivity contribution is -0.147. The Morgan fingerprint density at radius 3 is 2.75 bits per heavy atom. The first-order valence-electron chi connectivity index (χ1n) is 12.9. The van der Waals surface area contributed by atoms with E-state index in [1.165, 1.54) is 22.3 Å². The molecule has 1 fully saturated rings. The van der Waals surface area contributed by atoms with Crippen LogP contribution in [0.1, 0.15) is 42.5 Å². The van der Waals surface area contributed by atoms with E-state index in [-0.39, 0.29) is 32.0 Å². The molecule has 0 amide bonds. The Labute approximate surface area is 212 Å². The van der Waals surface area contributed by atoms with Crippen LogP contribution in [-0.2, 0) is 11.2 Å². The van der Waals surface area contributed by atoms with Gasteiger partial charge < -0.3 is 19.5 Å². The van der Waals surface area contributed by atoms with Crippen LogP contribution in [0, 0.1) is 0 Å². The van der Waals surface area contributed by atoms with Crippen molar-refractivity contribution in [1.82, 2.24) is 10.2 Å². The topological polar surface area (TPSA) is 43.0 Å². The average Bonchev–Trinajstić information content (AvgIpc) is 3.23. The third kappa shape index (κ3) is 5.01. The highest BCUT2D eigenvalue weighted by molar-refractivity contribution is 5.79. The van der Waals surface area contributed by atoms with E-state index in [2.05, 4.69) is 41.4 Å². The molecule has 0 radical (unpaired) electrons. The lowest BCUT2D eigenvalue weighted by atomic mass is 9.83. The number of methoxy groups -OCH3 is 1. The maximum absolute atomic E-state index is 15.4. The van der Waals surface area contributed by atoms with Crippen LogP contribution >= 0.6 is 0 Å². The number of benzene rings is 2. The van der Waals surface area contributed by atoms with E-state index in [0.717, 1.165) is 29.9 Å². The van der Waals surface area contributed by atoms with E-state index in [1.807, 2.05) is 18.2 Å². The number of halogens is 2. The number of hydrogen-bond acceptors (Lipinski definition) is 5. The molecule has 7 heteroatoms. The molecule has 0 saturated carbocycles. The molecule has 0 aromatic heterocycles. The molecule has 0 spiro atoms. The van der Waals surface area contributed by atoms with Crippen molar-refractivity contribution in [2.75, 3.05) is 53.2 Å². The first-order valence-corrected chi connectivity index (χ1v) is 12.9. The number of nitrogens with zero attached hydrogens (tertiary/aromatic N) is 1. The molecular weight excluding hydrogens is 462 g/mol. The van der Waals surface area contributed by atoms with E-state index in [1.54, 1.807) is 7.11 Å². The second-order valence-corrected chi connectivity index (χ2v) is 10.2. The van der Waals surface area contributed by atoms with Crippen molar-refractivity contribution in [3.05, 3.63) is 64.7 Å². The maximum atomic E-state index is 15.4. The molecule has 2 heterocycles. The number of nitrogens with one attached hydrogen (secondary N) is 1. The van der Waals surface area contributed by atoms with Gasteiger partial charge in [-0.2, -0.15) is 0 Å². The van der Waals surface area contributed by atoms with Gasteiger partial charge in [-0.25, -0.2) is 4.39 Å². The summed E-state index contributed by atoms with van der Waals surface area (Å²) in [6.45, 7) is 4.23. The van der Waals surface area contributed by atoms with Gasteiger partial charge in [-0.05, 0) is 73.2 Å². The number of fused-ring (bicyclic) bond motifs is 2. The van der Waals surface area contributed by atoms with Crippen molar-refractivity contribution in [3.63, 3.8) is 0 Å². The Bertz CT molecular complexity index is 1100. The number of hydrogen-bond donors (Lipinski definition) is 1. The molecular formula is C29H36F2N2O3. The van der Waals surface area contributed by atoms with Gasteiger partial charge in [0, 0.05) is 24.7 Å². The number of ether oxygens (including phenoxy) is 3. The highest BCUT2D eigenvalue weighted by Gasteiger charge is 2.47. The second-order valence-electron chi connectivity index (χ2n) is 10.2. The van der Waals surface area contributed by atoms with Crippen LogP contribution in [0.15, 0.2) is 48.0 Å². The first kappa shape index (κ1) is 25.2. The molecule has 0 unspecified atom stereocenters. The van der Waals surface area contributed by atoms with Gasteiger partial charge in [0.2, 0.25) is 0 Å². The molecule has 36 heavy (non-hydrogen) atoms. The predicted molar refractivity (Wildman–Crippen MR) is 137 cm³/mol. The molecule has 1 N–H and O–H groups in total. The van der Waals surface area contributed by atoms with E-state index >= 15 is 4.39 Å². The molecule has 2 aromatic carbocycles. The largest absolute Gasteiger partial charge is 0.496 e. The maximum Gasteiger partial charge on any atom is 0.169 e. The van der Waals surface area contributed by atoms with Crippen molar-refractivity contribution in [2.24, 2.45) is 0 Å². The second kappa shape index (κ2) is 10.9. The highest BCUT2D eigenvalue weighted by atomic mass is 19.1. The number of rotatable bonds is 11. The van der Waals surface area contributed by atoms with Crippen molar-refractivity contribution in [1.29, 1.82) is 0 Å². The Kier molecular flexibility index (Phi) is 7.60. The Hall–Kier alpha value is -2.48. The molecule has 1 aliphatic carbocycles. The third-order valence-electron chi connectivity index (χ3n) is 7.56. The molecule has 2 atom stereocenters. The summed E-state index contributed by atoms with van der Waals surface area (Å²) in [6, 6.07) is 14.5. The van der Waals surface area contributed by atoms with Gasteiger partial charge in [-0.1, -0.05) is 24.3 Å². The van der Waals surface area contributed by atoms with Crippen LogP contribution in [0.4, 0.5) is 8.78 Å². The Morgan fingerprint density at radius 2 is 2.00 bits per heavy atom. The van der Waals surface area contributed by atoms with Gasteiger partial charge in [0.25, 0.3) is 0 Å². The monoisotopic (exact) mass is 498 g/mol. The van der Waals surface area contributed by atoms with Gasteiger partial charge in [-0.15, -0.1) is 0 Å². The summed E-state index contributed by atoms with van der Waals surface area (Å²) < 4.78 is 44.9. The summed E-state index contributed by atoms with van der Waals surface area (Å²) in [5, 5.41) is 3.19. The summed E-state index contributed by atoms with van der Waals surface area (Å²) in [4.78, 5) is 2.30. The minimum Gasteiger partial charge on any atom is -0.496 e. The Balaban J connectivity index is 1.47. The molecule has 3 aliphatic rings. The zero-order chi connectivity index (χ0) is 25.1. The smallest absolute Gasteiger partial charge is 0.169 e. The third-order valence-corrected chi connectivity index (χ3v) is 7.56. The van der Waals surface area contributed by atoms with Crippen molar-refractivity contribution < 1.29 is 23.0 Å². The fourth-order valence-corrected chi connectivity index (χ4v) is 5.75. The zero-order valence-corrected chi connectivity index (χ0v) is 21.2. The summed E-state index contributed by atoms with van der Waals surface area (Å²) in [5.74, 6) is 1.52. The van der Waals surface area contributed by atoms with Crippen LogP contribution in [0.2, 0.25) is 0 Å². The standard InChI is InChI=1S/C29H36F2N2O3/c1-20-14-24-23-7-4-3-6-21(23)15-25(24)28(33(20)17-29(31)18-35-19-29)26-16-22(8-9-27(26)34-2)36-13-12-32-11-5-10-30/h3-4,6-9,16,20,28,32H,5,10-15,17-19H2,1-2H3/t20-,28+/m1/s1. The highest BCUT2D eigenvalue weighted by Crippen LogP contribution is 2.51. The lowest BCUT2D eigenvalue weighted by Gasteiger charge is -2.47. The minimum absolute atomic E-state index is 0.120. The van der Waals surface area contributed by atoms with E-state index in [9.17, 15) is 4.39 Å². The molecule has 5 nitrogen and oxygen atoms in total. The fourth-order valence-electron chi connectivity index (χ4n) is 5.75. The van der Waals surface area contributed by atoms with Crippen molar-refractivity contribution in [3.8, 4) is 11.5 Å². The molecule has 2 aromatic rings. The quantitative estimate of drug-likeness (QED) is 0.446. The van der Waals surface area contributed by atoms with Gasteiger partial charge in [0.15, 0.2) is 5.67 Å². The molecule has 5 rings (SSSR count). The first-order chi connectivity index (χ1) is 17.5. The van der Waals surface area contributed by atoms with E-state index < -0.39 is 5.67 Å². The summed E-state index contributed by atoms with van der Waals surface area (Å²) in [6.07, 6.45) is 2.24. The van der Waals surface area contributed by atoms with E-state index in [4.69, 9.17) is 14.2 Å². The van der Waals surface area contributed by atoms with Gasteiger partial charge in [-0.3, -0.25) is 9.29 Å². The molecule has 0 bridgehead atoms. The normalized spacial score (nSPS) is 22.7. The van der Waals surface area contributed by atoms with Crippen LogP contribution in [0.25, 0.3) is 5.57 Å². The average molecular weight is 499 g/mol. The predicted octanol–water partition coefficient (Wildman–Crippen LogP) is 4.91. The van der Waals surface area contributed by atoms with Crippen LogP contribution in [-0.4, -0.2) is 69.8 Å². The molecule has 2 aliphatic heterocycles. The van der Waals surface area contributed by atoms with Gasteiger partial charge in [0.1, 0.15) is 18.1 Å². The fraction of sp³-hybridized carbons (Fsp3) is 0.517. The van der Waals surface area contributed by atoms with Crippen molar-refractivity contribution in [2.45, 2.75) is 43.9 Å². The summed E-state index contributed by atoms with van der Waals surface area (Å²) >= 11 is 0. The summed E-state index contributed by atoms with van der Waals surface area (Å²) in [7, 11) is 1.68. The van der Waals surface area contributed by atoms with Crippen LogP contribution in [0.5, 0.6) is 11.5 Å². The van der Waals surface area contributed by atoms with Crippen molar-refractivity contribution >= 4 is 5.57 Å². The van der Waals surface area contributed by atoms with E-state index in [0.29, 0.717) is 32.7 Å². The number of alkyl halides is 2. The summed E-state index contributed by atoms with van der Waals surface area (Å²) in [5.41, 5.74) is 5.01. The Morgan fingerprint density at radius 1 is 1.17 bits per heavy atom. The molecule has 1 saturated heterocycles. The van der Waals surface area contributed by atoms with Gasteiger partial charge >= 0.3 is 0 Å². The minimum atomic E-state index is -1.33. The lowest BCUT2D eigenvalue weighted by Crippen LogP contribution is -2.57. The SMILES string of the molecule is COc1ccc(OCCNCCCF)cc1[C@@H]1C2=C(C[C@@H](C)N1CC1(F)COC1)c1ccccc1C2. The van der Waals surface area contributed by atoms with Crippen LogP contribution < -0.4 is 14.8 Å². The van der Waals surface area contributed by atoms with Crippen LogP contribution in [0.3, 0.4) is 0 Å². The van der Waals surface area contributed by atoms with Gasteiger partial charge in [0.05, 0.1) is 33.0 Å². The zero-order valence-electron chi connectivity index (χ0n) is 21.2.